The molecule has 3 heteroatoms. The van der Waals surface area contributed by atoms with E-state index in [1.165, 1.54) is 0 Å². The second-order valence-corrected chi connectivity index (χ2v) is 2.52. The van der Waals surface area contributed by atoms with E-state index in [0.717, 1.165) is 10.9 Å². The van der Waals surface area contributed by atoms with Crippen LogP contribution in [0.25, 0.3) is 10.9 Å². The molecule has 0 aliphatic carbocycles. The van der Waals surface area contributed by atoms with Crippen LogP contribution < -0.4 is 0 Å². The van der Waals surface area contributed by atoms with Crippen molar-refractivity contribution < 1.29 is 0 Å². The van der Waals surface area contributed by atoms with E-state index in [2.05, 4.69) is 16.0 Å². The number of pyridine rings is 2. The highest BCUT2D eigenvalue weighted by Gasteiger charge is 1.93. The minimum atomic E-state index is 0.485. The van der Waals surface area contributed by atoms with Gasteiger partial charge in [0.1, 0.15) is 5.15 Å². The van der Waals surface area contributed by atoms with Gasteiger partial charge in [0.2, 0.25) is 0 Å². The zero-order valence-corrected chi connectivity index (χ0v) is 6.34. The minimum Gasteiger partial charge on any atom is -0.254 e. The second kappa shape index (κ2) is 2.47. The van der Waals surface area contributed by atoms with Gasteiger partial charge in [-0.2, -0.15) is 0 Å². The van der Waals surface area contributed by atoms with Gasteiger partial charge in [-0.15, -0.1) is 0 Å². The van der Waals surface area contributed by atoms with E-state index in [1.807, 2.05) is 6.07 Å². The minimum absolute atomic E-state index is 0.485. The summed E-state index contributed by atoms with van der Waals surface area (Å²) in [4.78, 5) is 7.94. The van der Waals surface area contributed by atoms with Gasteiger partial charge in [-0.05, 0) is 12.1 Å². The summed E-state index contributed by atoms with van der Waals surface area (Å²) in [5.41, 5.74) is 0.841. The summed E-state index contributed by atoms with van der Waals surface area (Å²) in [6.07, 6.45) is 3.25. The fraction of sp³-hybridized carbons (Fsp3) is 0. The molecule has 0 aromatic carbocycles. The molecule has 2 rings (SSSR count). The van der Waals surface area contributed by atoms with E-state index in [4.69, 9.17) is 11.6 Å². The van der Waals surface area contributed by atoms with Crippen LogP contribution in [0.3, 0.4) is 0 Å². The van der Waals surface area contributed by atoms with E-state index >= 15 is 0 Å². The topological polar surface area (TPSA) is 25.8 Å². The van der Waals surface area contributed by atoms with Crippen LogP contribution in [-0.2, 0) is 0 Å². The van der Waals surface area contributed by atoms with Crippen LogP contribution in [0.4, 0.5) is 0 Å². The Kier molecular flexibility index (Phi) is 1.47. The molecular formula is C8H4ClN2. The van der Waals surface area contributed by atoms with Crippen molar-refractivity contribution in [2.45, 2.75) is 0 Å². The Morgan fingerprint density at radius 1 is 1.36 bits per heavy atom. The third-order valence-electron chi connectivity index (χ3n) is 1.40. The van der Waals surface area contributed by atoms with Gasteiger partial charge in [0.05, 0.1) is 11.7 Å². The highest BCUT2D eigenvalue weighted by atomic mass is 35.5. The summed E-state index contributed by atoms with van der Waals surface area (Å²) >= 11 is 5.67. The number of fused-ring (bicyclic) bond motifs is 1. The summed E-state index contributed by atoms with van der Waals surface area (Å²) < 4.78 is 0. The van der Waals surface area contributed by atoms with Crippen LogP contribution in [0.15, 0.2) is 24.5 Å². The maximum Gasteiger partial charge on any atom is 0.129 e. The van der Waals surface area contributed by atoms with Crippen molar-refractivity contribution in [2.75, 3.05) is 0 Å². The molecule has 0 aliphatic rings. The quantitative estimate of drug-likeness (QED) is 0.556. The molecule has 11 heavy (non-hydrogen) atoms. The zero-order valence-electron chi connectivity index (χ0n) is 5.58. The standard InChI is InChI=1S/C8H4ClN2/c9-8-4-6-2-1-3-10-7(6)5-11-8/h2-5H. The van der Waals surface area contributed by atoms with Crippen LogP contribution in [-0.4, -0.2) is 9.97 Å². The Hall–Kier alpha value is -1.15. The molecule has 2 nitrogen and oxygen atoms in total. The Balaban J connectivity index is 2.83. The third kappa shape index (κ3) is 1.17. The van der Waals surface area contributed by atoms with Gasteiger partial charge in [-0.3, -0.25) is 4.98 Å². The van der Waals surface area contributed by atoms with Gasteiger partial charge in [0.15, 0.2) is 0 Å². The lowest BCUT2D eigenvalue weighted by atomic mass is 10.3. The summed E-state index contributed by atoms with van der Waals surface area (Å²) in [7, 11) is 0. The zero-order chi connectivity index (χ0) is 7.68. The molecule has 0 bridgehead atoms. The highest BCUT2D eigenvalue weighted by molar-refractivity contribution is 6.30. The Morgan fingerprint density at radius 2 is 2.27 bits per heavy atom. The van der Waals surface area contributed by atoms with Gasteiger partial charge >= 0.3 is 0 Å². The number of halogens is 1. The monoisotopic (exact) mass is 163 g/mol. The molecule has 2 aromatic rings. The Bertz CT molecular complexity index is 387. The first-order valence-corrected chi connectivity index (χ1v) is 3.51. The third-order valence-corrected chi connectivity index (χ3v) is 1.60. The van der Waals surface area contributed by atoms with Crippen molar-refractivity contribution in [3.05, 3.63) is 35.7 Å². The van der Waals surface area contributed by atoms with E-state index in [-0.39, 0.29) is 0 Å². The number of nitrogens with zero attached hydrogens (tertiary/aromatic N) is 2. The summed E-state index contributed by atoms with van der Waals surface area (Å²) in [5.74, 6) is 0. The molecule has 0 aliphatic heterocycles. The van der Waals surface area contributed by atoms with Gasteiger partial charge in [-0.25, -0.2) is 4.98 Å². The van der Waals surface area contributed by atoms with E-state index < -0.39 is 0 Å². The fourth-order valence-corrected chi connectivity index (χ4v) is 1.06. The average Bonchev–Trinajstić information content (AvgIpc) is 2.04. The van der Waals surface area contributed by atoms with Gasteiger partial charge in [0.25, 0.3) is 0 Å². The van der Waals surface area contributed by atoms with Crippen molar-refractivity contribution in [3.63, 3.8) is 0 Å². The number of hydrogen-bond donors (Lipinski definition) is 0. The normalized spacial score (nSPS) is 10.3. The van der Waals surface area contributed by atoms with Gasteiger partial charge in [-0.1, -0.05) is 11.6 Å². The summed E-state index contributed by atoms with van der Waals surface area (Å²) in [6.45, 7) is 0. The van der Waals surface area contributed by atoms with E-state index in [0.29, 0.717) is 5.15 Å². The van der Waals surface area contributed by atoms with Crippen LogP contribution >= 0.6 is 11.6 Å². The predicted octanol–water partition coefficient (Wildman–Crippen LogP) is 2.08. The first-order valence-electron chi connectivity index (χ1n) is 3.13. The fourth-order valence-electron chi connectivity index (χ4n) is 0.894. The largest absolute Gasteiger partial charge is 0.254 e. The molecule has 0 amide bonds. The molecule has 2 aromatic heterocycles. The molecule has 1 radical (unpaired) electrons. The Morgan fingerprint density at radius 3 is 3.18 bits per heavy atom. The van der Waals surface area contributed by atoms with Crippen molar-refractivity contribution in [3.8, 4) is 0 Å². The van der Waals surface area contributed by atoms with Crippen molar-refractivity contribution in [1.82, 2.24) is 9.97 Å². The maximum absolute atomic E-state index is 5.67. The smallest absolute Gasteiger partial charge is 0.129 e. The first kappa shape index (κ1) is 6.55. The number of hydrogen-bond acceptors (Lipinski definition) is 2. The number of rotatable bonds is 0. The van der Waals surface area contributed by atoms with Crippen LogP contribution in [0.2, 0.25) is 5.15 Å². The summed E-state index contributed by atoms with van der Waals surface area (Å²) in [5, 5.41) is 1.45. The van der Waals surface area contributed by atoms with Crippen LogP contribution in [0.5, 0.6) is 0 Å². The molecule has 0 saturated heterocycles. The number of aromatic nitrogens is 2. The average molecular weight is 164 g/mol. The van der Waals surface area contributed by atoms with E-state index in [1.54, 1.807) is 18.5 Å². The highest BCUT2D eigenvalue weighted by Crippen LogP contribution is 2.12. The lowest BCUT2D eigenvalue weighted by Gasteiger charge is -1.93. The van der Waals surface area contributed by atoms with Crippen molar-refractivity contribution >= 4 is 22.5 Å². The van der Waals surface area contributed by atoms with Crippen LogP contribution in [0, 0.1) is 6.07 Å². The molecule has 0 unspecified atom stereocenters. The molecule has 0 atom stereocenters. The summed E-state index contributed by atoms with van der Waals surface area (Å²) in [6, 6.07) is 6.46. The maximum atomic E-state index is 5.67. The van der Waals surface area contributed by atoms with Gasteiger partial charge < -0.3 is 0 Å². The molecule has 0 saturated carbocycles. The lowest BCUT2D eigenvalue weighted by Crippen LogP contribution is -1.79. The molecule has 0 N–H and O–H groups in total. The Labute approximate surface area is 68.9 Å². The molecule has 53 valence electrons. The second-order valence-electron chi connectivity index (χ2n) is 2.14. The first-order chi connectivity index (χ1) is 5.36. The predicted molar refractivity (Wildman–Crippen MR) is 43.4 cm³/mol. The van der Waals surface area contributed by atoms with E-state index in [9.17, 15) is 0 Å². The van der Waals surface area contributed by atoms with Gasteiger partial charge in [0, 0.05) is 17.6 Å². The van der Waals surface area contributed by atoms with Crippen molar-refractivity contribution in [1.29, 1.82) is 0 Å². The molecule has 0 fully saturated rings. The van der Waals surface area contributed by atoms with Crippen LogP contribution in [0.1, 0.15) is 0 Å². The SMILES string of the molecule is Clc1cc2c[c]cnc2cn1. The molecule has 2 heterocycles. The lowest BCUT2D eigenvalue weighted by molar-refractivity contribution is 1.31. The van der Waals surface area contributed by atoms with Crippen molar-refractivity contribution in [2.24, 2.45) is 0 Å². The molecular weight excluding hydrogens is 160 g/mol. The molecule has 0 spiro atoms.